The maximum atomic E-state index is 3.77. The van der Waals surface area contributed by atoms with E-state index in [0.717, 1.165) is 17.6 Å². The largest absolute Gasteiger partial charge is 0.307 e. The van der Waals surface area contributed by atoms with E-state index in [2.05, 4.69) is 47.7 Å². The van der Waals surface area contributed by atoms with Crippen LogP contribution in [0.2, 0.25) is 0 Å². The fourth-order valence-electron chi connectivity index (χ4n) is 1.06. The van der Waals surface area contributed by atoms with Crippen molar-refractivity contribution in [2.45, 2.75) is 20.4 Å². The highest BCUT2D eigenvalue weighted by molar-refractivity contribution is 9.11. The van der Waals surface area contributed by atoms with E-state index in [4.69, 9.17) is 0 Å². The average molecular weight is 260 g/mol. The lowest BCUT2D eigenvalue weighted by Gasteiger charge is -1.99. The standard InChI is InChI=1S/C10H14BrNS/c1-7-4-10(13-9(7)3)6-12-5-8(2)11/h4,12H,2,5-6H2,1,3H3. The Balaban J connectivity index is 2.41. The summed E-state index contributed by atoms with van der Waals surface area (Å²) < 4.78 is 0.998. The van der Waals surface area contributed by atoms with Crippen LogP contribution in [0.15, 0.2) is 17.1 Å². The summed E-state index contributed by atoms with van der Waals surface area (Å²) in [6, 6.07) is 2.24. The molecule has 0 aromatic carbocycles. The Morgan fingerprint density at radius 1 is 1.62 bits per heavy atom. The van der Waals surface area contributed by atoms with Crippen LogP contribution in [0, 0.1) is 13.8 Å². The lowest BCUT2D eigenvalue weighted by atomic mass is 10.3. The van der Waals surface area contributed by atoms with E-state index in [0.29, 0.717) is 0 Å². The SMILES string of the molecule is C=C(Br)CNCc1cc(C)c(C)s1. The Morgan fingerprint density at radius 3 is 2.77 bits per heavy atom. The van der Waals surface area contributed by atoms with Crippen molar-refractivity contribution in [2.24, 2.45) is 0 Å². The summed E-state index contributed by atoms with van der Waals surface area (Å²) in [7, 11) is 0. The molecule has 72 valence electrons. The van der Waals surface area contributed by atoms with Crippen molar-refractivity contribution in [3.8, 4) is 0 Å². The highest BCUT2D eigenvalue weighted by atomic mass is 79.9. The van der Waals surface area contributed by atoms with Crippen molar-refractivity contribution < 1.29 is 0 Å². The zero-order valence-corrected chi connectivity index (χ0v) is 10.4. The lowest BCUT2D eigenvalue weighted by molar-refractivity contribution is 0.767. The second kappa shape index (κ2) is 4.94. The van der Waals surface area contributed by atoms with E-state index in [-0.39, 0.29) is 0 Å². The van der Waals surface area contributed by atoms with Crippen LogP contribution in [-0.4, -0.2) is 6.54 Å². The van der Waals surface area contributed by atoms with E-state index >= 15 is 0 Å². The molecule has 1 nitrogen and oxygen atoms in total. The van der Waals surface area contributed by atoms with E-state index in [1.165, 1.54) is 15.3 Å². The van der Waals surface area contributed by atoms with Crippen molar-refractivity contribution in [1.29, 1.82) is 0 Å². The molecule has 0 aliphatic rings. The average Bonchev–Trinajstić information content (AvgIpc) is 2.30. The number of hydrogen-bond acceptors (Lipinski definition) is 2. The van der Waals surface area contributed by atoms with E-state index in [1.54, 1.807) is 0 Å². The third kappa shape index (κ3) is 3.63. The van der Waals surface area contributed by atoms with E-state index < -0.39 is 0 Å². The number of aryl methyl sites for hydroxylation is 2. The molecule has 0 aliphatic heterocycles. The summed E-state index contributed by atoms with van der Waals surface area (Å²) >= 11 is 5.17. The summed E-state index contributed by atoms with van der Waals surface area (Å²) in [5.74, 6) is 0. The second-order valence-electron chi connectivity index (χ2n) is 3.07. The van der Waals surface area contributed by atoms with Crippen LogP contribution in [0.4, 0.5) is 0 Å². The molecule has 0 saturated heterocycles. The number of hydrogen-bond donors (Lipinski definition) is 1. The third-order valence-electron chi connectivity index (χ3n) is 1.83. The molecule has 0 radical (unpaired) electrons. The van der Waals surface area contributed by atoms with E-state index in [9.17, 15) is 0 Å². The molecule has 0 unspecified atom stereocenters. The first-order chi connectivity index (χ1) is 6.09. The molecule has 1 heterocycles. The molecule has 1 aromatic heterocycles. The maximum absolute atomic E-state index is 3.77. The number of nitrogens with one attached hydrogen (secondary N) is 1. The fourth-order valence-corrected chi connectivity index (χ4v) is 2.28. The Bertz CT molecular complexity index is 284. The van der Waals surface area contributed by atoms with Crippen LogP contribution in [0.3, 0.4) is 0 Å². The summed E-state index contributed by atoms with van der Waals surface area (Å²) in [6.07, 6.45) is 0. The van der Waals surface area contributed by atoms with Gasteiger partial charge in [0, 0.05) is 27.3 Å². The van der Waals surface area contributed by atoms with Gasteiger partial charge in [0.15, 0.2) is 0 Å². The van der Waals surface area contributed by atoms with Gasteiger partial charge in [-0.3, -0.25) is 0 Å². The Hall–Kier alpha value is -0.120. The number of halogens is 1. The molecule has 0 spiro atoms. The molecule has 0 saturated carbocycles. The van der Waals surface area contributed by atoms with Gasteiger partial charge in [0.05, 0.1) is 0 Å². The second-order valence-corrected chi connectivity index (χ2v) is 5.54. The number of rotatable bonds is 4. The fraction of sp³-hybridized carbons (Fsp3) is 0.400. The molecule has 13 heavy (non-hydrogen) atoms. The minimum Gasteiger partial charge on any atom is -0.307 e. The van der Waals surface area contributed by atoms with Crippen molar-refractivity contribution in [1.82, 2.24) is 5.32 Å². The van der Waals surface area contributed by atoms with Gasteiger partial charge in [-0.2, -0.15) is 0 Å². The summed E-state index contributed by atoms with van der Waals surface area (Å²) in [5.41, 5.74) is 1.39. The molecule has 1 aromatic rings. The van der Waals surface area contributed by atoms with Crippen LogP contribution in [0.1, 0.15) is 15.3 Å². The maximum Gasteiger partial charge on any atom is 0.0303 e. The third-order valence-corrected chi connectivity index (χ3v) is 3.27. The molecule has 0 fully saturated rings. The van der Waals surface area contributed by atoms with Crippen LogP contribution in [0.25, 0.3) is 0 Å². The van der Waals surface area contributed by atoms with Gasteiger partial charge in [-0.15, -0.1) is 11.3 Å². The molecule has 1 rings (SSSR count). The Morgan fingerprint density at radius 2 is 2.31 bits per heavy atom. The minimum atomic E-state index is 0.829. The predicted molar refractivity (Wildman–Crippen MR) is 63.6 cm³/mol. The molecule has 0 amide bonds. The van der Waals surface area contributed by atoms with Crippen LogP contribution < -0.4 is 5.32 Å². The molecular formula is C10H14BrNS. The first-order valence-corrected chi connectivity index (χ1v) is 5.80. The highest BCUT2D eigenvalue weighted by Gasteiger charge is 2.00. The van der Waals surface area contributed by atoms with Gasteiger partial charge in [-0.1, -0.05) is 22.5 Å². The summed E-state index contributed by atoms with van der Waals surface area (Å²) in [6.45, 7) is 9.84. The topological polar surface area (TPSA) is 12.0 Å². The summed E-state index contributed by atoms with van der Waals surface area (Å²) in [4.78, 5) is 2.80. The van der Waals surface area contributed by atoms with Crippen molar-refractivity contribution in [2.75, 3.05) is 6.54 Å². The zero-order valence-electron chi connectivity index (χ0n) is 7.98. The molecule has 0 aliphatic carbocycles. The first kappa shape index (κ1) is 11.0. The predicted octanol–water partition coefficient (Wildman–Crippen LogP) is 3.36. The van der Waals surface area contributed by atoms with Gasteiger partial charge in [0.1, 0.15) is 0 Å². The monoisotopic (exact) mass is 259 g/mol. The van der Waals surface area contributed by atoms with Crippen LogP contribution >= 0.6 is 27.3 Å². The Labute approximate surface area is 92.0 Å². The van der Waals surface area contributed by atoms with Gasteiger partial charge in [-0.25, -0.2) is 0 Å². The van der Waals surface area contributed by atoms with Gasteiger partial charge in [0.25, 0.3) is 0 Å². The molecule has 0 bridgehead atoms. The van der Waals surface area contributed by atoms with Crippen LogP contribution in [-0.2, 0) is 6.54 Å². The molecule has 1 N–H and O–H groups in total. The highest BCUT2D eigenvalue weighted by Crippen LogP contribution is 2.20. The molecule has 3 heteroatoms. The van der Waals surface area contributed by atoms with Crippen molar-refractivity contribution in [3.05, 3.63) is 32.4 Å². The smallest absolute Gasteiger partial charge is 0.0303 e. The van der Waals surface area contributed by atoms with Crippen molar-refractivity contribution >= 4 is 27.3 Å². The normalized spacial score (nSPS) is 10.4. The van der Waals surface area contributed by atoms with Gasteiger partial charge < -0.3 is 5.32 Å². The quantitative estimate of drug-likeness (QED) is 0.875. The number of thiophene rings is 1. The molecule has 0 atom stereocenters. The summed E-state index contributed by atoms with van der Waals surface area (Å²) in [5, 5.41) is 3.31. The zero-order chi connectivity index (χ0) is 9.84. The van der Waals surface area contributed by atoms with Gasteiger partial charge >= 0.3 is 0 Å². The van der Waals surface area contributed by atoms with Gasteiger partial charge in [0.2, 0.25) is 0 Å². The molecular weight excluding hydrogens is 246 g/mol. The minimum absolute atomic E-state index is 0.829. The lowest BCUT2D eigenvalue weighted by Crippen LogP contribution is -2.13. The first-order valence-electron chi connectivity index (χ1n) is 4.19. The van der Waals surface area contributed by atoms with Crippen molar-refractivity contribution in [3.63, 3.8) is 0 Å². The van der Waals surface area contributed by atoms with E-state index in [1.807, 2.05) is 11.3 Å². The van der Waals surface area contributed by atoms with Crippen LogP contribution in [0.5, 0.6) is 0 Å². The Kier molecular flexibility index (Phi) is 4.16. The van der Waals surface area contributed by atoms with Gasteiger partial charge in [-0.05, 0) is 25.5 Å².